The molecule has 1 unspecified atom stereocenters. The first-order valence-corrected chi connectivity index (χ1v) is 6.46. The second-order valence-electron chi connectivity index (χ2n) is 4.92. The van der Waals surface area contributed by atoms with Gasteiger partial charge in [0.05, 0.1) is 18.0 Å². The zero-order valence-corrected chi connectivity index (χ0v) is 11.7. The molecule has 22 heavy (non-hydrogen) atoms. The van der Waals surface area contributed by atoms with E-state index in [1.807, 2.05) is 0 Å². The largest absolute Gasteiger partial charge is 0.481 e. The number of rotatable bonds is 6. The molecule has 1 atom stereocenters. The Hall–Kier alpha value is -2.12. The maximum absolute atomic E-state index is 13.5. The molecule has 0 saturated heterocycles. The van der Waals surface area contributed by atoms with Crippen LogP contribution in [0.15, 0.2) is 18.2 Å². The molecule has 1 rings (SSSR count). The molecule has 0 radical (unpaired) electrons. The van der Waals surface area contributed by atoms with Gasteiger partial charge in [0.15, 0.2) is 0 Å². The molecule has 1 amide bonds. The summed E-state index contributed by atoms with van der Waals surface area (Å²) in [6.07, 6.45) is -6.45. The molecule has 122 valence electrons. The Bertz CT molecular complexity index is 558. The van der Waals surface area contributed by atoms with Crippen LogP contribution in [0.2, 0.25) is 0 Å². The van der Waals surface area contributed by atoms with Crippen LogP contribution in [-0.4, -0.2) is 23.2 Å². The van der Waals surface area contributed by atoms with Crippen molar-refractivity contribution in [2.24, 2.45) is 5.92 Å². The van der Waals surface area contributed by atoms with Crippen LogP contribution >= 0.6 is 0 Å². The summed E-state index contributed by atoms with van der Waals surface area (Å²) in [5.41, 5.74) is 0.199. The fourth-order valence-corrected chi connectivity index (χ4v) is 1.70. The van der Waals surface area contributed by atoms with Crippen molar-refractivity contribution in [1.82, 2.24) is 0 Å². The number of amides is 1. The quantitative estimate of drug-likeness (QED) is 0.790. The maximum atomic E-state index is 13.5. The molecular weight excluding hydrogens is 306 g/mol. The van der Waals surface area contributed by atoms with E-state index in [1.54, 1.807) is 0 Å². The van der Waals surface area contributed by atoms with Gasteiger partial charge >= 0.3 is 12.1 Å². The zero-order chi connectivity index (χ0) is 16.9. The summed E-state index contributed by atoms with van der Waals surface area (Å²) in [5, 5.41) is 10.9. The standard InChI is InChI=1S/C14H15F4NO3/c1-8(13(21)22)6-9-2-3-10(15)11(7-9)19-12(20)4-5-14(16,17)18/h2-3,7-8H,4-6H2,1H3,(H,19,20)(H,21,22). The molecule has 1 aromatic carbocycles. The molecule has 0 saturated carbocycles. The van der Waals surface area contributed by atoms with Gasteiger partial charge in [0.1, 0.15) is 5.82 Å². The van der Waals surface area contributed by atoms with Gasteiger partial charge in [-0.25, -0.2) is 4.39 Å². The number of carboxylic acid groups (broad SMARTS) is 1. The fraction of sp³-hybridized carbons (Fsp3) is 0.429. The summed E-state index contributed by atoms with van der Waals surface area (Å²) in [6, 6.07) is 3.61. The highest BCUT2D eigenvalue weighted by Crippen LogP contribution is 2.23. The molecule has 0 aliphatic carbocycles. The Morgan fingerprint density at radius 3 is 2.50 bits per heavy atom. The van der Waals surface area contributed by atoms with E-state index < -0.39 is 42.6 Å². The third-order valence-corrected chi connectivity index (χ3v) is 2.90. The first-order valence-electron chi connectivity index (χ1n) is 6.46. The summed E-state index contributed by atoms with van der Waals surface area (Å²) in [4.78, 5) is 22.1. The minimum Gasteiger partial charge on any atom is -0.481 e. The normalized spacial score (nSPS) is 12.8. The number of anilines is 1. The number of carbonyl (C=O) groups is 2. The molecule has 1 aromatic rings. The number of alkyl halides is 3. The van der Waals surface area contributed by atoms with Gasteiger partial charge in [-0.1, -0.05) is 13.0 Å². The van der Waals surface area contributed by atoms with Gasteiger partial charge in [-0.15, -0.1) is 0 Å². The highest BCUT2D eigenvalue weighted by atomic mass is 19.4. The van der Waals surface area contributed by atoms with E-state index in [0.29, 0.717) is 5.56 Å². The number of nitrogens with one attached hydrogen (secondary N) is 1. The second-order valence-corrected chi connectivity index (χ2v) is 4.92. The van der Waals surface area contributed by atoms with Crippen molar-refractivity contribution in [3.8, 4) is 0 Å². The van der Waals surface area contributed by atoms with E-state index in [1.165, 1.54) is 19.1 Å². The first kappa shape index (κ1) is 17.9. The third-order valence-electron chi connectivity index (χ3n) is 2.90. The van der Waals surface area contributed by atoms with Crippen LogP contribution in [0.3, 0.4) is 0 Å². The van der Waals surface area contributed by atoms with Crippen molar-refractivity contribution in [2.45, 2.75) is 32.4 Å². The molecule has 0 aromatic heterocycles. The van der Waals surface area contributed by atoms with Gasteiger partial charge in [0, 0.05) is 6.42 Å². The van der Waals surface area contributed by atoms with Crippen molar-refractivity contribution < 1.29 is 32.3 Å². The minimum atomic E-state index is -4.46. The molecule has 0 aliphatic rings. The Morgan fingerprint density at radius 1 is 1.32 bits per heavy atom. The first-order chi connectivity index (χ1) is 10.1. The molecule has 0 bridgehead atoms. The highest BCUT2D eigenvalue weighted by Gasteiger charge is 2.28. The molecule has 2 N–H and O–H groups in total. The van der Waals surface area contributed by atoms with E-state index in [4.69, 9.17) is 5.11 Å². The maximum Gasteiger partial charge on any atom is 0.389 e. The summed E-state index contributed by atoms with van der Waals surface area (Å²) in [7, 11) is 0. The molecule has 0 aliphatic heterocycles. The van der Waals surface area contributed by atoms with E-state index in [9.17, 15) is 27.2 Å². The van der Waals surface area contributed by atoms with Crippen molar-refractivity contribution >= 4 is 17.6 Å². The van der Waals surface area contributed by atoms with E-state index >= 15 is 0 Å². The predicted molar refractivity (Wildman–Crippen MR) is 70.8 cm³/mol. The van der Waals surface area contributed by atoms with Crippen molar-refractivity contribution in [3.05, 3.63) is 29.6 Å². The Balaban J connectivity index is 2.74. The molecule has 0 spiro atoms. The molecule has 4 nitrogen and oxygen atoms in total. The molecule has 8 heteroatoms. The lowest BCUT2D eigenvalue weighted by atomic mass is 10.0. The monoisotopic (exact) mass is 321 g/mol. The van der Waals surface area contributed by atoms with Gasteiger partial charge in [-0.2, -0.15) is 13.2 Å². The van der Waals surface area contributed by atoms with Crippen LogP contribution in [0, 0.1) is 11.7 Å². The van der Waals surface area contributed by atoms with Crippen LogP contribution in [0.25, 0.3) is 0 Å². The summed E-state index contributed by atoms with van der Waals surface area (Å²) in [6.45, 7) is 1.47. The highest BCUT2D eigenvalue weighted by molar-refractivity contribution is 5.90. The average molecular weight is 321 g/mol. The Kier molecular flexibility index (Phi) is 5.90. The van der Waals surface area contributed by atoms with Gasteiger partial charge in [-0.3, -0.25) is 9.59 Å². The smallest absolute Gasteiger partial charge is 0.389 e. The van der Waals surface area contributed by atoms with Crippen LogP contribution < -0.4 is 5.32 Å². The Labute approximate surface area is 124 Å². The molecule has 0 heterocycles. The van der Waals surface area contributed by atoms with Crippen molar-refractivity contribution in [2.75, 3.05) is 5.32 Å². The van der Waals surface area contributed by atoms with Crippen LogP contribution in [0.1, 0.15) is 25.3 Å². The third kappa shape index (κ3) is 6.11. The van der Waals surface area contributed by atoms with Crippen LogP contribution in [-0.2, 0) is 16.0 Å². The van der Waals surface area contributed by atoms with Crippen molar-refractivity contribution in [1.29, 1.82) is 0 Å². The number of carbonyl (C=O) groups excluding carboxylic acids is 1. The van der Waals surface area contributed by atoms with Crippen LogP contribution in [0.5, 0.6) is 0 Å². The SMILES string of the molecule is CC(Cc1ccc(F)c(NC(=O)CCC(F)(F)F)c1)C(=O)O. The van der Waals surface area contributed by atoms with Gasteiger partial charge in [0.2, 0.25) is 5.91 Å². The second kappa shape index (κ2) is 7.24. The minimum absolute atomic E-state index is 0.112. The summed E-state index contributed by atoms with van der Waals surface area (Å²) >= 11 is 0. The lowest BCUT2D eigenvalue weighted by Crippen LogP contribution is -2.17. The van der Waals surface area contributed by atoms with Crippen LogP contribution in [0.4, 0.5) is 23.2 Å². The van der Waals surface area contributed by atoms with Gasteiger partial charge in [-0.05, 0) is 24.1 Å². The topological polar surface area (TPSA) is 66.4 Å². The number of hydrogen-bond donors (Lipinski definition) is 2. The van der Waals surface area contributed by atoms with E-state index in [2.05, 4.69) is 5.32 Å². The summed E-state index contributed by atoms with van der Waals surface area (Å²) in [5.74, 6) is -3.49. The number of aliphatic carboxylic acids is 1. The zero-order valence-electron chi connectivity index (χ0n) is 11.7. The predicted octanol–water partition coefficient (Wildman–Crippen LogP) is 3.37. The number of hydrogen-bond acceptors (Lipinski definition) is 2. The number of halogens is 4. The average Bonchev–Trinajstić information content (AvgIpc) is 2.39. The summed E-state index contributed by atoms with van der Waals surface area (Å²) < 4.78 is 49.6. The van der Waals surface area contributed by atoms with E-state index in [0.717, 1.165) is 6.07 Å². The van der Waals surface area contributed by atoms with Crippen molar-refractivity contribution in [3.63, 3.8) is 0 Å². The number of carboxylic acids is 1. The lowest BCUT2D eigenvalue weighted by molar-refractivity contribution is -0.142. The van der Waals surface area contributed by atoms with E-state index in [-0.39, 0.29) is 12.1 Å². The van der Waals surface area contributed by atoms with Gasteiger partial charge < -0.3 is 10.4 Å². The lowest BCUT2D eigenvalue weighted by Gasteiger charge is -2.11. The number of benzene rings is 1. The molecular formula is C14H15F4NO3. The fourth-order valence-electron chi connectivity index (χ4n) is 1.70. The molecule has 0 fully saturated rings. The Morgan fingerprint density at radius 2 is 1.95 bits per heavy atom. The van der Waals surface area contributed by atoms with Gasteiger partial charge in [0.25, 0.3) is 0 Å².